The molecule has 0 bridgehead atoms. The molecule has 0 aliphatic carbocycles. The number of nitrogens with two attached hydrogens (primary N) is 1. The van der Waals surface area contributed by atoms with E-state index in [9.17, 15) is 0 Å². The van der Waals surface area contributed by atoms with E-state index in [0.29, 0.717) is 0 Å². The van der Waals surface area contributed by atoms with Crippen molar-refractivity contribution in [3.63, 3.8) is 0 Å². The van der Waals surface area contributed by atoms with Crippen LogP contribution in [0.25, 0.3) is 0 Å². The molecule has 0 amide bonds. The van der Waals surface area contributed by atoms with Gasteiger partial charge in [-0.05, 0) is 18.4 Å². The van der Waals surface area contributed by atoms with Crippen LogP contribution in [0.1, 0.15) is 18.9 Å². The fourth-order valence-electron chi connectivity index (χ4n) is 1.84. The van der Waals surface area contributed by atoms with Crippen molar-refractivity contribution in [3.05, 3.63) is 24.0 Å². The van der Waals surface area contributed by atoms with Gasteiger partial charge in [0.1, 0.15) is 11.6 Å². The van der Waals surface area contributed by atoms with E-state index in [1.807, 2.05) is 25.5 Å². The number of aryl methyl sites for hydroxylation is 1. The zero-order valence-corrected chi connectivity index (χ0v) is 11.9. The van der Waals surface area contributed by atoms with Crippen LogP contribution in [0.2, 0.25) is 0 Å². The second-order valence-corrected chi connectivity index (χ2v) is 4.62. The third-order valence-electron chi connectivity index (χ3n) is 2.78. The summed E-state index contributed by atoms with van der Waals surface area (Å²) in [5.41, 5.74) is 6.89. The van der Waals surface area contributed by atoms with Crippen LogP contribution in [0, 0.1) is 0 Å². The van der Waals surface area contributed by atoms with Gasteiger partial charge in [0.25, 0.3) is 0 Å². The van der Waals surface area contributed by atoms with E-state index in [2.05, 4.69) is 32.6 Å². The average molecular weight is 275 g/mol. The molecule has 0 unspecified atom stereocenters. The van der Waals surface area contributed by atoms with Crippen LogP contribution in [-0.4, -0.2) is 32.8 Å². The van der Waals surface area contributed by atoms with Crippen molar-refractivity contribution in [1.82, 2.24) is 19.7 Å². The van der Waals surface area contributed by atoms with Gasteiger partial charge in [0.15, 0.2) is 0 Å². The highest BCUT2D eigenvalue weighted by Gasteiger charge is 2.02. The molecule has 0 saturated heterocycles. The fourth-order valence-corrected chi connectivity index (χ4v) is 1.84. The molecule has 2 aromatic rings. The van der Waals surface area contributed by atoms with Crippen molar-refractivity contribution in [1.29, 1.82) is 0 Å². The molecule has 7 nitrogen and oxygen atoms in total. The summed E-state index contributed by atoms with van der Waals surface area (Å²) in [4.78, 5) is 8.32. The third kappa shape index (κ3) is 4.11. The summed E-state index contributed by atoms with van der Waals surface area (Å²) in [7, 11) is 1.91. The number of hydrogen-bond acceptors (Lipinski definition) is 6. The predicted molar refractivity (Wildman–Crippen MR) is 80.6 cm³/mol. The van der Waals surface area contributed by atoms with Crippen molar-refractivity contribution < 1.29 is 0 Å². The lowest BCUT2D eigenvalue weighted by atomic mass is 10.2. The van der Waals surface area contributed by atoms with Crippen LogP contribution < -0.4 is 16.4 Å². The molecule has 108 valence electrons. The van der Waals surface area contributed by atoms with Gasteiger partial charge in [0.2, 0.25) is 5.95 Å². The molecule has 0 aliphatic heterocycles. The first-order valence-electron chi connectivity index (χ1n) is 6.77. The van der Waals surface area contributed by atoms with E-state index in [-0.39, 0.29) is 5.95 Å². The Morgan fingerprint density at radius 2 is 1.90 bits per heavy atom. The van der Waals surface area contributed by atoms with Crippen molar-refractivity contribution in [3.8, 4) is 0 Å². The monoisotopic (exact) mass is 275 g/mol. The smallest absolute Gasteiger partial charge is 0.223 e. The second-order valence-electron chi connectivity index (χ2n) is 4.62. The molecule has 0 saturated carbocycles. The number of rotatable bonds is 7. The minimum Gasteiger partial charge on any atom is -0.370 e. The summed E-state index contributed by atoms with van der Waals surface area (Å²) < 4.78 is 1.80. The topological polar surface area (TPSA) is 93.7 Å². The lowest BCUT2D eigenvalue weighted by Gasteiger charge is -2.09. The maximum Gasteiger partial charge on any atom is 0.223 e. The molecular formula is C13H21N7. The summed E-state index contributed by atoms with van der Waals surface area (Å²) in [6.45, 7) is 3.74. The van der Waals surface area contributed by atoms with Gasteiger partial charge in [0.05, 0.1) is 6.20 Å². The molecular weight excluding hydrogens is 254 g/mol. The van der Waals surface area contributed by atoms with E-state index < -0.39 is 0 Å². The first-order chi connectivity index (χ1) is 9.67. The number of nitrogen functional groups attached to an aromatic ring is 1. The number of anilines is 3. The van der Waals surface area contributed by atoms with Gasteiger partial charge >= 0.3 is 0 Å². The molecule has 7 heteroatoms. The van der Waals surface area contributed by atoms with E-state index in [1.165, 1.54) is 5.56 Å². The van der Waals surface area contributed by atoms with Gasteiger partial charge in [-0.15, -0.1) is 0 Å². The lowest BCUT2D eigenvalue weighted by molar-refractivity contribution is 0.767. The maximum atomic E-state index is 5.70. The van der Waals surface area contributed by atoms with Crippen molar-refractivity contribution in [2.24, 2.45) is 7.05 Å². The molecule has 0 aliphatic rings. The van der Waals surface area contributed by atoms with Gasteiger partial charge in [-0.3, -0.25) is 4.68 Å². The Hall–Kier alpha value is -2.31. The normalized spacial score (nSPS) is 10.5. The van der Waals surface area contributed by atoms with Gasteiger partial charge in [-0.1, -0.05) is 6.92 Å². The largest absolute Gasteiger partial charge is 0.370 e. The number of nitrogens with one attached hydrogen (secondary N) is 2. The molecule has 20 heavy (non-hydrogen) atoms. The highest BCUT2D eigenvalue weighted by Crippen LogP contribution is 2.12. The number of nitrogens with zero attached hydrogens (tertiary/aromatic N) is 4. The zero-order valence-electron chi connectivity index (χ0n) is 11.9. The molecule has 4 N–H and O–H groups in total. The van der Waals surface area contributed by atoms with Gasteiger partial charge in [0, 0.05) is 32.4 Å². The van der Waals surface area contributed by atoms with Gasteiger partial charge in [-0.2, -0.15) is 15.1 Å². The average Bonchev–Trinajstić information content (AvgIpc) is 2.81. The first kappa shape index (κ1) is 14.1. The summed E-state index contributed by atoms with van der Waals surface area (Å²) >= 11 is 0. The standard InChI is InChI=1S/C13H21N7/c1-3-5-15-11-7-12(19-13(14)18-11)16-6-4-10-8-17-20(2)9-10/h7-9H,3-6H2,1-2H3,(H4,14,15,16,18,19). The van der Waals surface area contributed by atoms with Crippen LogP contribution in [-0.2, 0) is 13.5 Å². The van der Waals surface area contributed by atoms with Crippen LogP contribution in [0.5, 0.6) is 0 Å². The van der Waals surface area contributed by atoms with Crippen LogP contribution >= 0.6 is 0 Å². The van der Waals surface area contributed by atoms with E-state index in [4.69, 9.17) is 5.73 Å². The van der Waals surface area contributed by atoms with Crippen LogP contribution in [0.15, 0.2) is 18.5 Å². The number of aromatic nitrogens is 4. The van der Waals surface area contributed by atoms with Gasteiger partial charge < -0.3 is 16.4 Å². The maximum absolute atomic E-state index is 5.70. The Bertz CT molecular complexity index is 549. The highest BCUT2D eigenvalue weighted by molar-refractivity contribution is 5.51. The summed E-state index contributed by atoms with van der Waals surface area (Å²) in [5, 5.41) is 10.6. The predicted octanol–water partition coefficient (Wildman–Crippen LogP) is 1.27. The summed E-state index contributed by atoms with van der Waals surface area (Å²) in [6.07, 6.45) is 5.79. The van der Waals surface area contributed by atoms with Crippen LogP contribution in [0.3, 0.4) is 0 Å². The SMILES string of the molecule is CCCNc1cc(NCCc2cnn(C)c2)nc(N)n1. The molecule has 0 atom stereocenters. The Labute approximate surface area is 118 Å². The zero-order chi connectivity index (χ0) is 14.4. The van der Waals surface area contributed by atoms with Gasteiger partial charge in [-0.25, -0.2) is 0 Å². The molecule has 2 heterocycles. The van der Waals surface area contributed by atoms with Crippen molar-refractivity contribution in [2.75, 3.05) is 29.5 Å². The first-order valence-corrected chi connectivity index (χ1v) is 6.77. The Kier molecular flexibility index (Phi) is 4.75. The summed E-state index contributed by atoms with van der Waals surface area (Å²) in [6, 6.07) is 1.87. The summed E-state index contributed by atoms with van der Waals surface area (Å²) in [5.74, 6) is 1.76. The number of hydrogen-bond donors (Lipinski definition) is 3. The Morgan fingerprint density at radius 3 is 2.50 bits per heavy atom. The highest BCUT2D eigenvalue weighted by atomic mass is 15.2. The lowest BCUT2D eigenvalue weighted by Crippen LogP contribution is -2.10. The molecule has 0 fully saturated rings. The Morgan fingerprint density at radius 1 is 1.20 bits per heavy atom. The van der Waals surface area contributed by atoms with E-state index in [1.54, 1.807) is 4.68 Å². The molecule has 0 spiro atoms. The molecule has 2 rings (SSSR count). The molecule has 0 aromatic carbocycles. The minimum absolute atomic E-state index is 0.273. The molecule has 0 radical (unpaired) electrons. The van der Waals surface area contributed by atoms with Crippen LogP contribution in [0.4, 0.5) is 17.6 Å². The van der Waals surface area contributed by atoms with Crippen molar-refractivity contribution >= 4 is 17.6 Å². The third-order valence-corrected chi connectivity index (χ3v) is 2.78. The second kappa shape index (κ2) is 6.74. The molecule has 2 aromatic heterocycles. The van der Waals surface area contributed by atoms with E-state index in [0.717, 1.165) is 37.6 Å². The minimum atomic E-state index is 0.273. The quantitative estimate of drug-likeness (QED) is 0.704. The van der Waals surface area contributed by atoms with E-state index >= 15 is 0 Å². The van der Waals surface area contributed by atoms with Crippen molar-refractivity contribution in [2.45, 2.75) is 19.8 Å². The Balaban J connectivity index is 1.89. The fraction of sp³-hybridized carbons (Fsp3) is 0.462.